The molecule has 24 heavy (non-hydrogen) atoms. The molecule has 3 rings (SSSR count). The predicted octanol–water partition coefficient (Wildman–Crippen LogP) is 2.53. The minimum absolute atomic E-state index is 0.118. The first-order chi connectivity index (χ1) is 11.6. The topological polar surface area (TPSA) is 85.8 Å². The number of carbonyl (C=O) groups excluding carboxylic acids is 1. The zero-order valence-corrected chi connectivity index (χ0v) is 14.3. The van der Waals surface area contributed by atoms with Gasteiger partial charge in [0.25, 0.3) is 0 Å². The number of thioether (sulfide) groups is 1. The van der Waals surface area contributed by atoms with Crippen molar-refractivity contribution >= 4 is 29.3 Å². The minimum Gasteiger partial charge on any atom is -0.459 e. The van der Waals surface area contributed by atoms with Crippen LogP contribution in [0.5, 0.6) is 0 Å². The van der Waals surface area contributed by atoms with Crippen LogP contribution in [0.1, 0.15) is 5.76 Å². The van der Waals surface area contributed by atoms with Gasteiger partial charge in [-0.05, 0) is 46.8 Å². The number of furan rings is 1. The van der Waals surface area contributed by atoms with E-state index in [4.69, 9.17) is 16.0 Å². The molecule has 0 aliphatic carbocycles. The van der Waals surface area contributed by atoms with E-state index in [1.165, 1.54) is 16.4 Å². The van der Waals surface area contributed by atoms with E-state index < -0.39 is 0 Å². The van der Waals surface area contributed by atoms with Gasteiger partial charge in [0.2, 0.25) is 11.1 Å². The molecule has 0 atom stereocenters. The van der Waals surface area contributed by atoms with Crippen molar-refractivity contribution in [1.82, 2.24) is 25.5 Å². The van der Waals surface area contributed by atoms with E-state index in [0.717, 1.165) is 11.3 Å². The first-order valence-corrected chi connectivity index (χ1v) is 8.44. The fourth-order valence-corrected chi connectivity index (χ4v) is 2.76. The highest BCUT2D eigenvalue weighted by molar-refractivity contribution is 7.99. The van der Waals surface area contributed by atoms with E-state index in [2.05, 4.69) is 20.8 Å². The maximum absolute atomic E-state index is 11.9. The van der Waals surface area contributed by atoms with Crippen LogP contribution in [0.3, 0.4) is 0 Å². The molecular weight excluding hydrogens is 350 g/mol. The zero-order valence-electron chi connectivity index (χ0n) is 12.8. The number of carbonyl (C=O) groups is 1. The van der Waals surface area contributed by atoms with E-state index in [1.807, 2.05) is 24.3 Å². The van der Waals surface area contributed by atoms with Crippen molar-refractivity contribution in [1.29, 1.82) is 0 Å². The Kier molecular flexibility index (Phi) is 5.17. The van der Waals surface area contributed by atoms with E-state index in [-0.39, 0.29) is 11.7 Å². The third kappa shape index (κ3) is 4.15. The summed E-state index contributed by atoms with van der Waals surface area (Å²) in [5.74, 6) is 1.53. The predicted molar refractivity (Wildman–Crippen MR) is 90.5 cm³/mol. The normalized spacial score (nSPS) is 10.8. The Labute approximate surface area is 147 Å². The Morgan fingerprint density at radius 2 is 2.08 bits per heavy atom. The lowest BCUT2D eigenvalue weighted by Gasteiger charge is -2.03. The highest BCUT2D eigenvalue weighted by atomic mass is 35.5. The van der Waals surface area contributed by atoms with Gasteiger partial charge in [0, 0.05) is 17.6 Å². The van der Waals surface area contributed by atoms with Crippen LogP contribution in [0, 0.1) is 0 Å². The van der Waals surface area contributed by atoms with Crippen molar-refractivity contribution in [2.24, 2.45) is 7.05 Å². The number of hydrogen-bond donors (Lipinski definition) is 1. The van der Waals surface area contributed by atoms with E-state index in [9.17, 15) is 4.79 Å². The molecule has 1 amide bonds. The van der Waals surface area contributed by atoms with Crippen LogP contribution in [-0.2, 0) is 18.4 Å². The van der Waals surface area contributed by atoms with Gasteiger partial charge in [-0.2, -0.15) is 0 Å². The number of benzene rings is 1. The quantitative estimate of drug-likeness (QED) is 0.677. The Hall–Kier alpha value is -2.32. The highest BCUT2D eigenvalue weighted by Gasteiger charge is 2.09. The number of hydrogen-bond acceptors (Lipinski definition) is 6. The van der Waals surface area contributed by atoms with Gasteiger partial charge in [0.1, 0.15) is 11.5 Å². The van der Waals surface area contributed by atoms with Crippen molar-refractivity contribution in [2.45, 2.75) is 11.7 Å². The van der Waals surface area contributed by atoms with Crippen molar-refractivity contribution in [2.75, 3.05) is 5.75 Å². The lowest BCUT2D eigenvalue weighted by molar-refractivity contribution is -0.118. The van der Waals surface area contributed by atoms with Crippen molar-refractivity contribution in [3.63, 3.8) is 0 Å². The van der Waals surface area contributed by atoms with Crippen LogP contribution in [0.25, 0.3) is 11.3 Å². The molecule has 0 unspecified atom stereocenters. The molecule has 3 aromatic rings. The Morgan fingerprint density at radius 1 is 1.29 bits per heavy atom. The monoisotopic (exact) mass is 363 g/mol. The van der Waals surface area contributed by atoms with E-state index >= 15 is 0 Å². The average Bonchev–Trinajstić information content (AvgIpc) is 3.21. The molecule has 9 heteroatoms. The van der Waals surface area contributed by atoms with Crippen molar-refractivity contribution in [3.8, 4) is 11.3 Å². The zero-order chi connectivity index (χ0) is 16.9. The van der Waals surface area contributed by atoms with Gasteiger partial charge in [-0.25, -0.2) is 4.68 Å². The van der Waals surface area contributed by atoms with Gasteiger partial charge in [0.15, 0.2) is 0 Å². The van der Waals surface area contributed by atoms with Crippen LogP contribution in [-0.4, -0.2) is 31.9 Å². The smallest absolute Gasteiger partial charge is 0.230 e. The summed E-state index contributed by atoms with van der Waals surface area (Å²) in [4.78, 5) is 11.9. The first-order valence-electron chi connectivity index (χ1n) is 7.08. The lowest BCUT2D eigenvalue weighted by Crippen LogP contribution is -2.24. The molecule has 0 bridgehead atoms. The maximum atomic E-state index is 11.9. The second-order valence-corrected chi connectivity index (χ2v) is 6.30. The van der Waals surface area contributed by atoms with Crippen LogP contribution in [0.4, 0.5) is 0 Å². The van der Waals surface area contributed by atoms with Crippen LogP contribution in [0.2, 0.25) is 5.02 Å². The Balaban J connectivity index is 1.51. The fraction of sp³-hybridized carbons (Fsp3) is 0.200. The average molecular weight is 364 g/mol. The summed E-state index contributed by atoms with van der Waals surface area (Å²) in [7, 11) is 1.72. The summed E-state index contributed by atoms with van der Waals surface area (Å²) in [6.45, 7) is 0.323. The first kappa shape index (κ1) is 16.5. The molecule has 0 aliphatic heterocycles. The third-order valence-corrected chi connectivity index (χ3v) is 4.43. The summed E-state index contributed by atoms with van der Waals surface area (Å²) in [6.07, 6.45) is 0. The number of tetrazole rings is 1. The standard InChI is InChI=1S/C15H14ClN5O2S/c1-21-15(18-19-20-21)24-9-14(22)17-8-12-6-7-13(23-12)10-2-4-11(16)5-3-10/h2-7H,8-9H2,1H3,(H,17,22). The van der Waals surface area contributed by atoms with Crippen LogP contribution < -0.4 is 5.32 Å². The van der Waals surface area contributed by atoms with E-state index in [0.29, 0.717) is 22.5 Å². The van der Waals surface area contributed by atoms with Crippen molar-refractivity contribution < 1.29 is 9.21 Å². The molecule has 2 heterocycles. The molecule has 0 saturated heterocycles. The van der Waals surface area contributed by atoms with Gasteiger partial charge in [-0.3, -0.25) is 4.79 Å². The number of nitrogens with one attached hydrogen (secondary N) is 1. The molecule has 2 aromatic heterocycles. The number of halogens is 1. The maximum Gasteiger partial charge on any atom is 0.230 e. The molecule has 0 fully saturated rings. The van der Waals surface area contributed by atoms with Gasteiger partial charge >= 0.3 is 0 Å². The van der Waals surface area contributed by atoms with Gasteiger partial charge in [0.05, 0.1) is 12.3 Å². The molecule has 0 saturated carbocycles. The van der Waals surface area contributed by atoms with E-state index in [1.54, 1.807) is 19.2 Å². The molecule has 7 nitrogen and oxygen atoms in total. The summed E-state index contributed by atoms with van der Waals surface area (Å²) < 4.78 is 7.25. The van der Waals surface area contributed by atoms with Gasteiger partial charge in [-0.1, -0.05) is 23.4 Å². The molecular formula is C15H14ClN5O2S. The van der Waals surface area contributed by atoms with Gasteiger partial charge < -0.3 is 9.73 Å². The number of aromatic nitrogens is 4. The number of aryl methyl sites for hydroxylation is 1. The van der Waals surface area contributed by atoms with Crippen LogP contribution >= 0.6 is 23.4 Å². The highest BCUT2D eigenvalue weighted by Crippen LogP contribution is 2.23. The number of nitrogens with zero attached hydrogens (tertiary/aromatic N) is 4. The molecule has 0 aliphatic rings. The molecule has 0 spiro atoms. The molecule has 0 radical (unpaired) electrons. The van der Waals surface area contributed by atoms with Crippen molar-refractivity contribution in [3.05, 3.63) is 47.2 Å². The fourth-order valence-electron chi connectivity index (χ4n) is 1.95. The second-order valence-electron chi connectivity index (χ2n) is 4.92. The van der Waals surface area contributed by atoms with Crippen LogP contribution in [0.15, 0.2) is 46.0 Å². The van der Waals surface area contributed by atoms with Gasteiger partial charge in [-0.15, -0.1) is 5.10 Å². The second kappa shape index (κ2) is 7.50. The Morgan fingerprint density at radius 3 is 2.79 bits per heavy atom. The lowest BCUT2D eigenvalue weighted by atomic mass is 10.2. The number of amides is 1. The molecule has 124 valence electrons. The molecule has 1 N–H and O–H groups in total. The number of rotatable bonds is 6. The largest absolute Gasteiger partial charge is 0.459 e. The molecule has 1 aromatic carbocycles. The third-order valence-electron chi connectivity index (χ3n) is 3.16. The summed E-state index contributed by atoms with van der Waals surface area (Å²) in [5, 5.41) is 15.1. The summed E-state index contributed by atoms with van der Waals surface area (Å²) >= 11 is 7.14. The Bertz CT molecular complexity index is 831. The summed E-state index contributed by atoms with van der Waals surface area (Å²) in [6, 6.07) is 11.1. The minimum atomic E-state index is -0.118. The summed E-state index contributed by atoms with van der Waals surface area (Å²) in [5.41, 5.74) is 0.933. The SMILES string of the molecule is Cn1nnnc1SCC(=O)NCc1ccc(-c2ccc(Cl)cc2)o1.